The van der Waals surface area contributed by atoms with Gasteiger partial charge in [0.15, 0.2) is 0 Å². The number of aliphatic hydroxyl groups is 1. The first kappa shape index (κ1) is 9.19. The van der Waals surface area contributed by atoms with Gasteiger partial charge in [0.25, 0.3) is 0 Å². The molecule has 0 amide bonds. The maximum Gasteiger partial charge on any atom is 0.0587 e. The Labute approximate surface area is 86.1 Å². The highest BCUT2D eigenvalue weighted by Gasteiger charge is 2.18. The van der Waals surface area contributed by atoms with Crippen molar-refractivity contribution >= 4 is 15.9 Å². The van der Waals surface area contributed by atoms with Crippen molar-refractivity contribution in [2.75, 3.05) is 6.61 Å². The third-order valence-electron chi connectivity index (χ3n) is 2.47. The molecule has 0 bridgehead atoms. The van der Waals surface area contributed by atoms with Crippen LogP contribution in [0.15, 0.2) is 22.7 Å². The average Bonchev–Trinajstić information content (AvgIpc) is 2.18. The molecule has 1 aliphatic rings. The molecule has 2 nitrogen and oxygen atoms in total. The molecule has 1 aliphatic heterocycles. The van der Waals surface area contributed by atoms with Crippen molar-refractivity contribution in [2.24, 2.45) is 0 Å². The zero-order valence-corrected chi connectivity index (χ0v) is 8.84. The monoisotopic (exact) mass is 241 g/mol. The predicted molar refractivity (Wildman–Crippen MR) is 55.6 cm³/mol. The fourth-order valence-electron chi connectivity index (χ4n) is 1.70. The van der Waals surface area contributed by atoms with Gasteiger partial charge < -0.3 is 10.4 Å². The summed E-state index contributed by atoms with van der Waals surface area (Å²) in [6, 6.07) is 6.44. The van der Waals surface area contributed by atoms with E-state index in [4.69, 9.17) is 5.11 Å². The number of fused-ring (bicyclic) bond motifs is 1. The lowest BCUT2D eigenvalue weighted by molar-refractivity contribution is 0.235. The lowest BCUT2D eigenvalue weighted by Gasteiger charge is -2.25. The van der Waals surface area contributed by atoms with Gasteiger partial charge in [-0.25, -0.2) is 0 Å². The third-order valence-corrected chi connectivity index (χ3v) is 3.21. The van der Waals surface area contributed by atoms with Gasteiger partial charge in [-0.3, -0.25) is 0 Å². The molecule has 1 aromatic carbocycles. The van der Waals surface area contributed by atoms with Crippen LogP contribution in [0.1, 0.15) is 11.1 Å². The highest BCUT2D eigenvalue weighted by molar-refractivity contribution is 9.10. The Kier molecular flexibility index (Phi) is 2.67. The van der Waals surface area contributed by atoms with E-state index in [0.717, 1.165) is 17.4 Å². The topological polar surface area (TPSA) is 32.3 Å². The van der Waals surface area contributed by atoms with E-state index < -0.39 is 0 Å². The van der Waals surface area contributed by atoms with Gasteiger partial charge in [0.2, 0.25) is 0 Å². The van der Waals surface area contributed by atoms with Gasteiger partial charge in [-0.15, -0.1) is 0 Å². The van der Waals surface area contributed by atoms with Crippen LogP contribution in [0.4, 0.5) is 0 Å². The predicted octanol–water partition coefficient (Wildman–Crippen LogP) is 1.46. The molecule has 0 aliphatic carbocycles. The Bertz CT molecular complexity index is 314. The number of rotatable bonds is 1. The Morgan fingerprint density at radius 2 is 2.38 bits per heavy atom. The number of benzene rings is 1. The van der Waals surface area contributed by atoms with Crippen molar-refractivity contribution in [2.45, 2.75) is 19.0 Å². The molecule has 1 aromatic rings. The van der Waals surface area contributed by atoms with Crippen LogP contribution < -0.4 is 5.32 Å². The fourth-order valence-corrected chi connectivity index (χ4v) is 2.27. The first-order valence-corrected chi connectivity index (χ1v) is 5.21. The van der Waals surface area contributed by atoms with Crippen LogP contribution in [-0.4, -0.2) is 17.8 Å². The average molecular weight is 242 g/mol. The molecule has 13 heavy (non-hydrogen) atoms. The highest BCUT2D eigenvalue weighted by atomic mass is 79.9. The summed E-state index contributed by atoms with van der Waals surface area (Å²) in [6.45, 7) is 1.07. The molecule has 0 saturated heterocycles. The molecule has 2 rings (SSSR count). The minimum atomic E-state index is 0.209. The summed E-state index contributed by atoms with van der Waals surface area (Å²) in [5, 5.41) is 12.3. The van der Waals surface area contributed by atoms with E-state index in [0.29, 0.717) is 0 Å². The molecule has 2 N–H and O–H groups in total. The maximum absolute atomic E-state index is 9.03. The van der Waals surface area contributed by atoms with Crippen molar-refractivity contribution in [3.8, 4) is 0 Å². The van der Waals surface area contributed by atoms with Crippen molar-refractivity contribution < 1.29 is 5.11 Å². The summed E-state index contributed by atoms with van der Waals surface area (Å²) in [5.74, 6) is 0. The molecule has 0 radical (unpaired) electrons. The van der Waals surface area contributed by atoms with Gasteiger partial charge in [-0.05, 0) is 23.6 Å². The number of aliphatic hydroxyl groups excluding tert-OH is 1. The van der Waals surface area contributed by atoms with Crippen LogP contribution in [-0.2, 0) is 13.0 Å². The fraction of sp³-hybridized carbons (Fsp3) is 0.400. The summed E-state index contributed by atoms with van der Waals surface area (Å²) >= 11 is 3.53. The minimum absolute atomic E-state index is 0.209. The van der Waals surface area contributed by atoms with Crippen LogP contribution in [0.25, 0.3) is 0 Å². The molecule has 0 saturated carbocycles. The highest BCUT2D eigenvalue weighted by Crippen LogP contribution is 2.24. The maximum atomic E-state index is 9.03. The van der Waals surface area contributed by atoms with Gasteiger partial charge in [-0.1, -0.05) is 28.1 Å². The Morgan fingerprint density at radius 3 is 3.15 bits per heavy atom. The van der Waals surface area contributed by atoms with E-state index in [9.17, 15) is 0 Å². The van der Waals surface area contributed by atoms with Crippen molar-refractivity contribution in [1.29, 1.82) is 0 Å². The summed E-state index contributed by atoms with van der Waals surface area (Å²) in [5.41, 5.74) is 2.67. The molecule has 70 valence electrons. The minimum Gasteiger partial charge on any atom is -0.395 e. The third kappa shape index (κ3) is 1.77. The summed E-state index contributed by atoms with van der Waals surface area (Å²) in [7, 11) is 0. The van der Waals surface area contributed by atoms with Crippen molar-refractivity contribution in [1.82, 2.24) is 5.32 Å². The molecule has 1 heterocycles. The zero-order chi connectivity index (χ0) is 9.26. The number of hydrogen-bond acceptors (Lipinski definition) is 2. The first-order chi connectivity index (χ1) is 6.31. The molecule has 3 heteroatoms. The Balaban J connectivity index is 2.32. The van der Waals surface area contributed by atoms with E-state index in [2.05, 4.69) is 33.4 Å². The normalized spacial score (nSPS) is 21.2. The van der Waals surface area contributed by atoms with Gasteiger partial charge in [0.05, 0.1) is 6.61 Å². The summed E-state index contributed by atoms with van der Waals surface area (Å²) in [4.78, 5) is 0. The number of halogens is 1. The summed E-state index contributed by atoms with van der Waals surface area (Å²) < 4.78 is 1.16. The van der Waals surface area contributed by atoms with Crippen LogP contribution in [0, 0.1) is 0 Å². The molecule has 0 unspecified atom stereocenters. The van der Waals surface area contributed by atoms with Gasteiger partial charge in [0.1, 0.15) is 0 Å². The molecular weight excluding hydrogens is 230 g/mol. The van der Waals surface area contributed by atoms with Crippen LogP contribution in [0.2, 0.25) is 0 Å². The zero-order valence-electron chi connectivity index (χ0n) is 7.26. The molecule has 0 aromatic heterocycles. The molecule has 0 spiro atoms. The van der Waals surface area contributed by atoms with E-state index in [-0.39, 0.29) is 12.6 Å². The molecule has 1 atom stereocenters. The summed E-state index contributed by atoms with van der Waals surface area (Å²) in [6.07, 6.45) is 0.910. The largest absolute Gasteiger partial charge is 0.395 e. The standard InChI is InChI=1S/C10H12BrNO/c11-10-3-1-2-7-5-12-8(6-13)4-9(7)10/h1-3,8,12-13H,4-6H2/t8-/m1/s1. The van der Waals surface area contributed by atoms with Crippen molar-refractivity contribution in [3.63, 3.8) is 0 Å². The first-order valence-electron chi connectivity index (χ1n) is 4.42. The lowest BCUT2D eigenvalue weighted by Crippen LogP contribution is -2.38. The van der Waals surface area contributed by atoms with Crippen molar-refractivity contribution in [3.05, 3.63) is 33.8 Å². The van der Waals surface area contributed by atoms with Crippen LogP contribution in [0.3, 0.4) is 0 Å². The van der Waals surface area contributed by atoms with E-state index in [1.54, 1.807) is 0 Å². The quantitative estimate of drug-likeness (QED) is 0.781. The SMILES string of the molecule is OC[C@H]1Cc2c(Br)cccc2CN1. The van der Waals surface area contributed by atoms with E-state index in [1.165, 1.54) is 11.1 Å². The van der Waals surface area contributed by atoms with Crippen LogP contribution >= 0.6 is 15.9 Å². The second-order valence-corrected chi connectivity index (χ2v) is 4.20. The number of nitrogens with one attached hydrogen (secondary N) is 1. The van der Waals surface area contributed by atoms with Gasteiger partial charge in [0, 0.05) is 17.1 Å². The van der Waals surface area contributed by atoms with Gasteiger partial charge in [-0.2, -0.15) is 0 Å². The molecular formula is C10H12BrNO. The Morgan fingerprint density at radius 1 is 1.54 bits per heavy atom. The molecule has 0 fully saturated rings. The van der Waals surface area contributed by atoms with E-state index >= 15 is 0 Å². The smallest absolute Gasteiger partial charge is 0.0587 e. The lowest BCUT2D eigenvalue weighted by atomic mass is 9.96. The number of hydrogen-bond donors (Lipinski definition) is 2. The van der Waals surface area contributed by atoms with Gasteiger partial charge >= 0.3 is 0 Å². The van der Waals surface area contributed by atoms with E-state index in [1.807, 2.05) is 6.07 Å². The second-order valence-electron chi connectivity index (χ2n) is 3.34. The van der Waals surface area contributed by atoms with Crippen LogP contribution in [0.5, 0.6) is 0 Å². The second kappa shape index (κ2) is 3.78. The Hall–Kier alpha value is -0.380.